The first-order valence-corrected chi connectivity index (χ1v) is 7.33. The summed E-state index contributed by atoms with van der Waals surface area (Å²) in [6, 6.07) is 5.43. The number of piperidine rings is 1. The van der Waals surface area contributed by atoms with Crippen LogP contribution in [0.25, 0.3) is 10.9 Å². The van der Waals surface area contributed by atoms with Crippen molar-refractivity contribution in [3.63, 3.8) is 0 Å². The first kappa shape index (κ1) is 13.9. The summed E-state index contributed by atoms with van der Waals surface area (Å²) in [4.78, 5) is 14.5. The van der Waals surface area contributed by atoms with Crippen molar-refractivity contribution in [1.82, 2.24) is 15.1 Å². The number of H-pyrrole nitrogens is 1. The molecule has 1 fully saturated rings. The van der Waals surface area contributed by atoms with Crippen LogP contribution in [0.5, 0.6) is 0 Å². The molecule has 3 N–H and O–H groups in total. The van der Waals surface area contributed by atoms with Gasteiger partial charge in [0, 0.05) is 30.8 Å². The third-order valence-corrected chi connectivity index (χ3v) is 3.92. The van der Waals surface area contributed by atoms with E-state index in [1.165, 1.54) is 0 Å². The molecule has 0 aliphatic carbocycles. The molecule has 21 heavy (non-hydrogen) atoms. The van der Waals surface area contributed by atoms with Crippen molar-refractivity contribution in [1.29, 1.82) is 0 Å². The zero-order valence-corrected chi connectivity index (χ0v) is 12.1. The number of aromatic amines is 1. The predicted molar refractivity (Wildman–Crippen MR) is 81.1 cm³/mol. The zero-order chi connectivity index (χ0) is 14.8. The number of amides is 1. The Morgan fingerprint density at radius 1 is 1.48 bits per heavy atom. The van der Waals surface area contributed by atoms with E-state index in [1.54, 1.807) is 12.1 Å². The minimum absolute atomic E-state index is 0.0400. The van der Waals surface area contributed by atoms with Crippen LogP contribution in [0.1, 0.15) is 30.3 Å². The molecule has 0 radical (unpaired) electrons. The number of benzene rings is 1. The molecule has 0 atom stereocenters. The molecule has 6 heteroatoms. The largest absolute Gasteiger partial charge is 0.399 e. The van der Waals surface area contributed by atoms with Gasteiger partial charge in [0.25, 0.3) is 5.91 Å². The molecule has 1 aromatic carbocycles. The van der Waals surface area contributed by atoms with Gasteiger partial charge in [-0.3, -0.25) is 9.89 Å². The molecule has 1 saturated heterocycles. The molecule has 1 amide bonds. The zero-order valence-electron chi connectivity index (χ0n) is 12.1. The second-order valence-corrected chi connectivity index (χ2v) is 5.32. The van der Waals surface area contributed by atoms with Crippen LogP contribution >= 0.6 is 0 Å². The predicted octanol–water partition coefficient (Wildman–Crippen LogP) is 1.79. The van der Waals surface area contributed by atoms with E-state index in [1.807, 2.05) is 17.9 Å². The van der Waals surface area contributed by atoms with Gasteiger partial charge in [0.2, 0.25) is 0 Å². The molecule has 2 aromatic rings. The molecule has 1 aliphatic rings. The molecule has 112 valence electrons. The Kier molecular flexibility index (Phi) is 3.79. The normalized spacial score (nSPS) is 16.5. The molecule has 0 spiro atoms. The van der Waals surface area contributed by atoms with E-state index >= 15 is 0 Å². The maximum absolute atomic E-state index is 12.6. The molecule has 3 rings (SSSR count). The number of hydrogen-bond acceptors (Lipinski definition) is 4. The van der Waals surface area contributed by atoms with Crippen LogP contribution in [0.15, 0.2) is 18.2 Å². The van der Waals surface area contributed by atoms with Crippen molar-refractivity contribution in [3.8, 4) is 0 Å². The Morgan fingerprint density at radius 2 is 2.24 bits per heavy atom. The number of likely N-dealkylation sites (tertiary alicyclic amines) is 1. The molecule has 0 unspecified atom stereocenters. The summed E-state index contributed by atoms with van der Waals surface area (Å²) in [6.07, 6.45) is 2.03. The quantitative estimate of drug-likeness (QED) is 0.843. The minimum atomic E-state index is -0.0400. The number of carbonyl (C=O) groups is 1. The molecule has 1 aromatic heterocycles. The van der Waals surface area contributed by atoms with Gasteiger partial charge in [-0.1, -0.05) is 0 Å². The monoisotopic (exact) mass is 288 g/mol. The topological polar surface area (TPSA) is 84.2 Å². The summed E-state index contributed by atoms with van der Waals surface area (Å²) in [6.45, 7) is 4.14. The molecular weight excluding hydrogens is 268 g/mol. The number of nitrogens with one attached hydrogen (secondary N) is 1. The van der Waals surface area contributed by atoms with Crippen molar-refractivity contribution in [2.75, 3.05) is 25.4 Å². The first-order valence-electron chi connectivity index (χ1n) is 7.33. The SMILES string of the molecule is CCOC1CCN(C(=O)c2n[nH]c3ccc(N)cc23)CC1. The van der Waals surface area contributed by atoms with Crippen LogP contribution in [0.2, 0.25) is 0 Å². The van der Waals surface area contributed by atoms with Crippen LogP contribution < -0.4 is 5.73 Å². The van der Waals surface area contributed by atoms with E-state index in [0.29, 0.717) is 24.5 Å². The van der Waals surface area contributed by atoms with Crippen molar-refractivity contribution in [2.24, 2.45) is 0 Å². The van der Waals surface area contributed by atoms with E-state index in [4.69, 9.17) is 10.5 Å². The van der Waals surface area contributed by atoms with E-state index in [-0.39, 0.29) is 12.0 Å². The van der Waals surface area contributed by atoms with Crippen LogP contribution in [-0.2, 0) is 4.74 Å². The molecule has 2 heterocycles. The van der Waals surface area contributed by atoms with Gasteiger partial charge in [0.1, 0.15) is 0 Å². The van der Waals surface area contributed by atoms with E-state index in [0.717, 1.165) is 30.4 Å². The summed E-state index contributed by atoms with van der Waals surface area (Å²) in [5.41, 5.74) is 7.71. The van der Waals surface area contributed by atoms with Gasteiger partial charge in [-0.25, -0.2) is 0 Å². The highest BCUT2D eigenvalue weighted by Gasteiger charge is 2.26. The Morgan fingerprint density at radius 3 is 2.95 bits per heavy atom. The fraction of sp³-hybridized carbons (Fsp3) is 0.467. The number of hydrogen-bond donors (Lipinski definition) is 2. The third-order valence-electron chi connectivity index (χ3n) is 3.92. The molecule has 0 bridgehead atoms. The number of aromatic nitrogens is 2. The van der Waals surface area contributed by atoms with E-state index in [2.05, 4.69) is 10.2 Å². The van der Waals surface area contributed by atoms with Gasteiger partial charge in [-0.15, -0.1) is 0 Å². The smallest absolute Gasteiger partial charge is 0.274 e. The molecular formula is C15H20N4O2. The van der Waals surface area contributed by atoms with E-state index < -0.39 is 0 Å². The second kappa shape index (κ2) is 5.73. The summed E-state index contributed by atoms with van der Waals surface area (Å²) in [5, 5.41) is 7.83. The van der Waals surface area contributed by atoms with Gasteiger partial charge in [0.05, 0.1) is 11.6 Å². The van der Waals surface area contributed by atoms with Crippen LogP contribution in [0.4, 0.5) is 5.69 Å². The van der Waals surface area contributed by atoms with Crippen LogP contribution in [0.3, 0.4) is 0 Å². The number of nitrogens with two attached hydrogens (primary N) is 1. The van der Waals surface area contributed by atoms with E-state index in [9.17, 15) is 4.79 Å². The number of anilines is 1. The Labute approximate surface area is 123 Å². The molecule has 6 nitrogen and oxygen atoms in total. The van der Waals surface area contributed by atoms with Crippen molar-refractivity contribution < 1.29 is 9.53 Å². The van der Waals surface area contributed by atoms with Crippen molar-refractivity contribution in [3.05, 3.63) is 23.9 Å². The number of fused-ring (bicyclic) bond motifs is 1. The molecule has 1 aliphatic heterocycles. The Balaban J connectivity index is 1.77. The third kappa shape index (κ3) is 2.71. The average molecular weight is 288 g/mol. The number of nitrogens with zero attached hydrogens (tertiary/aromatic N) is 2. The Hall–Kier alpha value is -2.08. The van der Waals surface area contributed by atoms with Gasteiger partial charge in [-0.05, 0) is 38.0 Å². The number of rotatable bonds is 3. The fourth-order valence-corrected chi connectivity index (χ4v) is 2.81. The van der Waals surface area contributed by atoms with Gasteiger partial charge < -0.3 is 15.4 Å². The summed E-state index contributed by atoms with van der Waals surface area (Å²) < 4.78 is 5.61. The van der Waals surface area contributed by atoms with Gasteiger partial charge >= 0.3 is 0 Å². The Bertz CT molecular complexity index is 644. The second-order valence-electron chi connectivity index (χ2n) is 5.32. The first-order chi connectivity index (χ1) is 10.2. The highest BCUT2D eigenvalue weighted by Crippen LogP contribution is 2.22. The van der Waals surface area contributed by atoms with Crippen molar-refractivity contribution in [2.45, 2.75) is 25.9 Å². The summed E-state index contributed by atoms with van der Waals surface area (Å²) >= 11 is 0. The summed E-state index contributed by atoms with van der Waals surface area (Å²) in [7, 11) is 0. The highest BCUT2D eigenvalue weighted by atomic mass is 16.5. The number of nitrogen functional groups attached to an aromatic ring is 1. The van der Waals surface area contributed by atoms with Crippen LogP contribution in [-0.4, -0.2) is 46.8 Å². The standard InChI is InChI=1S/C15H20N4O2/c1-2-21-11-5-7-19(8-6-11)15(20)14-12-9-10(16)3-4-13(12)17-18-14/h3-4,9,11H,2,5-8,16H2,1H3,(H,17,18). The van der Waals surface area contributed by atoms with Gasteiger partial charge in [-0.2, -0.15) is 5.10 Å². The highest BCUT2D eigenvalue weighted by molar-refractivity contribution is 6.05. The lowest BCUT2D eigenvalue weighted by Crippen LogP contribution is -2.41. The summed E-state index contributed by atoms with van der Waals surface area (Å²) in [5.74, 6) is -0.0400. The fourth-order valence-electron chi connectivity index (χ4n) is 2.81. The lowest BCUT2D eigenvalue weighted by Gasteiger charge is -2.31. The lowest BCUT2D eigenvalue weighted by atomic mass is 10.1. The molecule has 0 saturated carbocycles. The minimum Gasteiger partial charge on any atom is -0.399 e. The van der Waals surface area contributed by atoms with Crippen molar-refractivity contribution >= 4 is 22.5 Å². The number of ether oxygens (including phenoxy) is 1. The maximum atomic E-state index is 12.6. The van der Waals surface area contributed by atoms with Crippen LogP contribution in [0, 0.1) is 0 Å². The lowest BCUT2D eigenvalue weighted by molar-refractivity contribution is 0.0145. The average Bonchev–Trinajstić information content (AvgIpc) is 2.90. The van der Waals surface area contributed by atoms with Gasteiger partial charge in [0.15, 0.2) is 5.69 Å². The number of carbonyl (C=O) groups excluding carboxylic acids is 1. The maximum Gasteiger partial charge on any atom is 0.274 e.